The zero-order chi connectivity index (χ0) is 13.5. The van der Waals surface area contributed by atoms with Gasteiger partial charge in [0, 0.05) is 12.8 Å². The topological polar surface area (TPSA) is 78.0 Å². The number of nitrogens with zero attached hydrogens (tertiary/aromatic N) is 2. The normalized spacial score (nSPS) is 12.2. The van der Waals surface area contributed by atoms with Crippen molar-refractivity contribution >= 4 is 26.8 Å². The number of aryl methyl sites for hydroxylation is 1. The van der Waals surface area contributed by atoms with E-state index in [2.05, 4.69) is 4.98 Å². The lowest BCUT2D eigenvalue weighted by molar-refractivity contribution is 0.512. The Morgan fingerprint density at radius 2 is 2.06 bits per heavy atom. The van der Waals surface area contributed by atoms with Crippen molar-refractivity contribution in [3.63, 3.8) is 0 Å². The third kappa shape index (κ3) is 2.28. The average molecular weight is 275 g/mol. The second-order valence-electron chi connectivity index (χ2n) is 3.98. The van der Waals surface area contributed by atoms with Gasteiger partial charge in [0.15, 0.2) is 11.6 Å². The molecule has 1 heterocycles. The molecule has 1 aromatic heterocycles. The molecule has 0 bridgehead atoms. The highest BCUT2D eigenvalue weighted by molar-refractivity contribution is 7.90. The van der Waals surface area contributed by atoms with Gasteiger partial charge in [-0.2, -0.15) is 0 Å². The Morgan fingerprint density at radius 3 is 2.67 bits per heavy atom. The summed E-state index contributed by atoms with van der Waals surface area (Å²) in [6.45, 7) is -0.0679. The number of benzene rings is 1. The molecular formula is C10H11F2N3O2S. The van der Waals surface area contributed by atoms with E-state index >= 15 is 0 Å². The van der Waals surface area contributed by atoms with Crippen molar-refractivity contribution < 1.29 is 17.2 Å². The van der Waals surface area contributed by atoms with Crippen molar-refractivity contribution in [3.05, 3.63) is 23.8 Å². The van der Waals surface area contributed by atoms with E-state index in [9.17, 15) is 17.2 Å². The van der Waals surface area contributed by atoms with Gasteiger partial charge in [-0.05, 0) is 12.1 Å². The summed E-state index contributed by atoms with van der Waals surface area (Å²) in [4.78, 5) is 3.85. The van der Waals surface area contributed by atoms with Crippen molar-refractivity contribution in [2.45, 2.75) is 6.54 Å². The summed E-state index contributed by atoms with van der Waals surface area (Å²) in [7, 11) is -3.23. The smallest absolute Gasteiger partial charge is 0.201 e. The molecule has 0 saturated heterocycles. The predicted molar refractivity (Wildman–Crippen MR) is 63.8 cm³/mol. The van der Waals surface area contributed by atoms with Crippen LogP contribution >= 0.6 is 0 Å². The van der Waals surface area contributed by atoms with Crippen LogP contribution in [0.4, 0.5) is 14.7 Å². The van der Waals surface area contributed by atoms with Crippen molar-refractivity contribution in [1.29, 1.82) is 0 Å². The molecule has 0 aliphatic carbocycles. The Morgan fingerprint density at radius 1 is 1.39 bits per heavy atom. The molecular weight excluding hydrogens is 264 g/mol. The summed E-state index contributed by atoms with van der Waals surface area (Å²) in [6.07, 6.45) is 1.05. The molecule has 18 heavy (non-hydrogen) atoms. The standard InChI is InChI=1S/C10H11F2N3O2S/c1-18(16,17)5-4-15-9-7(14-10(15)13)3-2-6(11)8(9)12/h2-3H,4-5H2,1H3,(H2,13,14). The number of anilines is 1. The van der Waals surface area contributed by atoms with Crippen LogP contribution in [0, 0.1) is 11.6 Å². The first kappa shape index (κ1) is 12.7. The van der Waals surface area contributed by atoms with Crippen LogP contribution in [0.2, 0.25) is 0 Å². The largest absolute Gasteiger partial charge is 0.369 e. The first-order valence-corrected chi connectivity index (χ1v) is 7.13. The van der Waals surface area contributed by atoms with Crippen LogP contribution < -0.4 is 5.73 Å². The molecule has 0 aliphatic heterocycles. The molecule has 0 unspecified atom stereocenters. The third-order valence-corrected chi connectivity index (χ3v) is 3.44. The van der Waals surface area contributed by atoms with Crippen molar-refractivity contribution in [1.82, 2.24) is 9.55 Å². The van der Waals surface area contributed by atoms with Gasteiger partial charge in [-0.1, -0.05) is 0 Å². The number of fused-ring (bicyclic) bond motifs is 1. The molecule has 2 N–H and O–H groups in total. The Balaban J connectivity index is 2.56. The summed E-state index contributed by atoms with van der Waals surface area (Å²) < 4.78 is 50.1. The second-order valence-corrected chi connectivity index (χ2v) is 6.24. The van der Waals surface area contributed by atoms with Crippen molar-refractivity contribution in [2.75, 3.05) is 17.7 Å². The van der Waals surface area contributed by atoms with E-state index < -0.39 is 21.5 Å². The number of rotatable bonds is 3. The summed E-state index contributed by atoms with van der Waals surface area (Å²) >= 11 is 0. The van der Waals surface area contributed by atoms with Crippen LogP contribution in [0.1, 0.15) is 0 Å². The minimum atomic E-state index is -3.23. The number of nitrogen functional groups attached to an aromatic ring is 1. The fraction of sp³-hybridized carbons (Fsp3) is 0.300. The molecule has 2 rings (SSSR count). The Labute approximate surface area is 102 Å². The molecule has 0 amide bonds. The SMILES string of the molecule is CS(=O)(=O)CCn1c(N)nc2ccc(F)c(F)c21. The summed E-state index contributed by atoms with van der Waals surface area (Å²) in [5.74, 6) is -2.37. The van der Waals surface area contributed by atoms with Gasteiger partial charge in [-0.3, -0.25) is 0 Å². The van der Waals surface area contributed by atoms with Crippen LogP contribution in [0.5, 0.6) is 0 Å². The van der Waals surface area contributed by atoms with Gasteiger partial charge in [-0.25, -0.2) is 22.2 Å². The molecule has 0 radical (unpaired) electrons. The zero-order valence-electron chi connectivity index (χ0n) is 9.52. The summed E-state index contributed by atoms with van der Waals surface area (Å²) in [5.41, 5.74) is 5.65. The fourth-order valence-corrected chi connectivity index (χ4v) is 2.17. The Kier molecular flexibility index (Phi) is 2.97. The highest BCUT2D eigenvalue weighted by Crippen LogP contribution is 2.22. The molecule has 1 aromatic carbocycles. The van der Waals surface area contributed by atoms with E-state index in [1.54, 1.807) is 0 Å². The molecule has 0 spiro atoms. The maximum absolute atomic E-state index is 13.7. The second kappa shape index (κ2) is 4.20. The molecule has 5 nitrogen and oxygen atoms in total. The number of hydrogen-bond donors (Lipinski definition) is 1. The van der Waals surface area contributed by atoms with Crippen LogP contribution in [0.25, 0.3) is 11.0 Å². The lowest BCUT2D eigenvalue weighted by atomic mass is 10.3. The number of halogens is 2. The van der Waals surface area contributed by atoms with Crippen LogP contribution in [0.3, 0.4) is 0 Å². The first-order valence-electron chi connectivity index (χ1n) is 5.07. The lowest BCUT2D eigenvalue weighted by Crippen LogP contribution is -2.13. The highest BCUT2D eigenvalue weighted by atomic mass is 32.2. The molecule has 98 valence electrons. The molecule has 0 aliphatic rings. The zero-order valence-corrected chi connectivity index (χ0v) is 10.3. The predicted octanol–water partition coefficient (Wildman–Crippen LogP) is 0.941. The summed E-state index contributed by atoms with van der Waals surface area (Å²) in [6, 6.07) is 2.24. The number of imidazole rings is 1. The monoisotopic (exact) mass is 275 g/mol. The number of hydrogen-bond acceptors (Lipinski definition) is 4. The van der Waals surface area contributed by atoms with E-state index in [1.165, 1.54) is 6.07 Å². The van der Waals surface area contributed by atoms with Crippen LogP contribution in [-0.4, -0.2) is 30.0 Å². The van der Waals surface area contributed by atoms with Gasteiger partial charge in [-0.15, -0.1) is 0 Å². The van der Waals surface area contributed by atoms with Crippen molar-refractivity contribution in [3.8, 4) is 0 Å². The maximum atomic E-state index is 13.7. The number of nitrogens with two attached hydrogens (primary N) is 1. The average Bonchev–Trinajstić information content (AvgIpc) is 2.57. The molecule has 0 fully saturated rings. The van der Waals surface area contributed by atoms with Gasteiger partial charge < -0.3 is 10.3 Å². The van der Waals surface area contributed by atoms with Crippen LogP contribution in [-0.2, 0) is 16.4 Å². The van der Waals surface area contributed by atoms with Gasteiger partial charge in [0.05, 0.1) is 11.3 Å². The third-order valence-electron chi connectivity index (χ3n) is 2.51. The molecule has 0 atom stereocenters. The van der Waals surface area contributed by atoms with E-state index in [0.717, 1.165) is 16.9 Å². The first-order chi connectivity index (χ1) is 8.29. The van der Waals surface area contributed by atoms with Gasteiger partial charge in [0.25, 0.3) is 0 Å². The fourth-order valence-electron chi connectivity index (χ4n) is 1.66. The van der Waals surface area contributed by atoms with E-state index in [4.69, 9.17) is 5.73 Å². The summed E-state index contributed by atoms with van der Waals surface area (Å²) in [5, 5.41) is 0. The lowest BCUT2D eigenvalue weighted by Gasteiger charge is -2.06. The van der Waals surface area contributed by atoms with Crippen molar-refractivity contribution in [2.24, 2.45) is 0 Å². The van der Waals surface area contributed by atoms with E-state index in [0.29, 0.717) is 0 Å². The van der Waals surface area contributed by atoms with Gasteiger partial charge in [0.2, 0.25) is 5.95 Å². The van der Waals surface area contributed by atoms with Gasteiger partial charge >= 0.3 is 0 Å². The highest BCUT2D eigenvalue weighted by Gasteiger charge is 2.16. The van der Waals surface area contributed by atoms with Crippen LogP contribution in [0.15, 0.2) is 12.1 Å². The Hall–Kier alpha value is -1.70. The molecule has 0 saturated carbocycles. The Bertz CT molecular complexity index is 709. The minimum absolute atomic E-state index is 0.0434. The number of aromatic nitrogens is 2. The quantitative estimate of drug-likeness (QED) is 0.904. The maximum Gasteiger partial charge on any atom is 0.201 e. The molecule has 2 aromatic rings. The molecule has 8 heteroatoms. The van der Waals surface area contributed by atoms with E-state index in [1.807, 2.05) is 0 Å². The number of sulfone groups is 1. The minimum Gasteiger partial charge on any atom is -0.369 e. The van der Waals surface area contributed by atoms with E-state index in [-0.39, 0.29) is 29.3 Å². The van der Waals surface area contributed by atoms with Gasteiger partial charge in [0.1, 0.15) is 15.4 Å².